The number of fused-ring (bicyclic) bond motifs is 1. The molecule has 1 amide bonds. The summed E-state index contributed by atoms with van der Waals surface area (Å²) in [6.07, 6.45) is -3.15. The van der Waals surface area contributed by atoms with Gasteiger partial charge in [0.2, 0.25) is 0 Å². The maximum atomic E-state index is 13.0. The normalized spacial score (nSPS) is 11.0. The minimum Gasteiger partial charge on any atom is -0.505 e. The number of nitrogens with one attached hydrogen (secondary N) is 1. The van der Waals surface area contributed by atoms with Crippen molar-refractivity contribution in [2.75, 3.05) is 5.32 Å². The lowest BCUT2D eigenvalue weighted by atomic mass is 10.1. The smallest absolute Gasteiger partial charge is 0.418 e. The highest BCUT2D eigenvalue weighted by atomic mass is 19.4. The first kappa shape index (κ1) is 18.3. The number of hydrogen-bond donors (Lipinski definition) is 2. The van der Waals surface area contributed by atoms with E-state index in [2.05, 4.69) is 10.3 Å². The number of rotatable bonds is 2. The lowest BCUT2D eigenvalue weighted by Crippen LogP contribution is -2.16. The molecule has 25 heavy (non-hydrogen) atoms. The van der Waals surface area contributed by atoms with Gasteiger partial charge in [-0.3, -0.25) is 9.78 Å². The van der Waals surface area contributed by atoms with Crippen molar-refractivity contribution in [1.29, 1.82) is 0 Å². The van der Waals surface area contributed by atoms with Gasteiger partial charge in [-0.05, 0) is 24.3 Å². The Hall–Kier alpha value is -3.09. The Morgan fingerprint density at radius 3 is 2.48 bits per heavy atom. The average Bonchev–Trinajstić information content (AvgIpc) is 2.55. The van der Waals surface area contributed by atoms with E-state index in [-0.39, 0.29) is 29.9 Å². The fraction of sp³-hybridized carbons (Fsp3) is 0.111. The highest BCUT2D eigenvalue weighted by molar-refractivity contribution is 6.09. The molecule has 130 valence electrons. The fourth-order valence-electron chi connectivity index (χ4n) is 2.34. The SMILES string of the molecule is C.O=C(Nc1ccccc1C(F)(F)F)c1ccc2cccnc2c1O. The molecule has 0 aliphatic rings. The first-order valence-corrected chi connectivity index (χ1v) is 6.92. The van der Waals surface area contributed by atoms with Crippen molar-refractivity contribution < 1.29 is 23.1 Å². The molecule has 0 aliphatic carbocycles. The summed E-state index contributed by atoms with van der Waals surface area (Å²) in [4.78, 5) is 16.3. The van der Waals surface area contributed by atoms with E-state index in [1.807, 2.05) is 0 Å². The number of aromatic hydroxyl groups is 1. The molecule has 0 aliphatic heterocycles. The summed E-state index contributed by atoms with van der Waals surface area (Å²) >= 11 is 0. The van der Waals surface area contributed by atoms with E-state index in [9.17, 15) is 23.1 Å². The van der Waals surface area contributed by atoms with Crippen LogP contribution in [0.5, 0.6) is 5.75 Å². The Kier molecular flexibility index (Phi) is 4.97. The summed E-state index contributed by atoms with van der Waals surface area (Å²) in [6, 6.07) is 10.9. The molecule has 2 N–H and O–H groups in total. The number of nitrogens with zero attached hydrogens (tertiary/aromatic N) is 1. The molecule has 0 spiro atoms. The van der Waals surface area contributed by atoms with Gasteiger partial charge in [0, 0.05) is 11.6 Å². The highest BCUT2D eigenvalue weighted by Crippen LogP contribution is 2.35. The molecule has 3 aromatic rings. The third-order valence-electron chi connectivity index (χ3n) is 3.47. The van der Waals surface area contributed by atoms with E-state index in [1.165, 1.54) is 24.4 Å². The standard InChI is InChI=1S/C17H11F3N2O2.CH4/c18-17(19,20)12-5-1-2-6-13(12)22-16(24)11-8-7-10-4-3-9-21-14(10)15(11)23;/h1-9,23H,(H,22,24);1H4. The molecule has 1 heterocycles. The summed E-state index contributed by atoms with van der Waals surface area (Å²) in [6.45, 7) is 0. The number of amides is 1. The molecule has 7 heteroatoms. The Balaban J connectivity index is 0.00000225. The molecule has 3 rings (SSSR count). The number of hydrogen-bond acceptors (Lipinski definition) is 3. The largest absolute Gasteiger partial charge is 0.505 e. The number of pyridine rings is 1. The molecule has 0 radical (unpaired) electrons. The number of aromatic nitrogens is 1. The second-order valence-electron chi connectivity index (χ2n) is 5.03. The molecule has 1 aromatic heterocycles. The first-order chi connectivity index (χ1) is 11.4. The highest BCUT2D eigenvalue weighted by Gasteiger charge is 2.33. The van der Waals surface area contributed by atoms with Crippen molar-refractivity contribution in [3.8, 4) is 5.75 Å². The number of benzene rings is 2. The lowest BCUT2D eigenvalue weighted by molar-refractivity contribution is -0.136. The van der Waals surface area contributed by atoms with Crippen LogP contribution in [0.3, 0.4) is 0 Å². The lowest BCUT2D eigenvalue weighted by Gasteiger charge is -2.14. The quantitative estimate of drug-likeness (QED) is 0.696. The number of carbonyl (C=O) groups excluding carboxylic acids is 1. The van der Waals surface area contributed by atoms with Crippen molar-refractivity contribution >= 4 is 22.5 Å². The van der Waals surface area contributed by atoms with Gasteiger partial charge in [0.1, 0.15) is 5.52 Å². The van der Waals surface area contributed by atoms with Crippen LogP contribution in [-0.4, -0.2) is 16.0 Å². The van der Waals surface area contributed by atoms with Crippen LogP contribution in [0.15, 0.2) is 54.7 Å². The van der Waals surface area contributed by atoms with Crippen LogP contribution in [0.2, 0.25) is 0 Å². The van der Waals surface area contributed by atoms with Gasteiger partial charge in [0.05, 0.1) is 16.8 Å². The molecule has 0 saturated heterocycles. The zero-order valence-corrected chi connectivity index (χ0v) is 12.1. The van der Waals surface area contributed by atoms with E-state index in [4.69, 9.17) is 0 Å². The zero-order valence-electron chi connectivity index (χ0n) is 12.1. The van der Waals surface area contributed by atoms with Crippen LogP contribution in [-0.2, 0) is 6.18 Å². The molecule has 0 saturated carbocycles. The zero-order chi connectivity index (χ0) is 17.3. The second kappa shape index (κ2) is 6.80. The minimum absolute atomic E-state index is 0. The van der Waals surface area contributed by atoms with Gasteiger partial charge in [-0.25, -0.2) is 0 Å². The van der Waals surface area contributed by atoms with Crippen LogP contribution < -0.4 is 5.32 Å². The molecule has 0 atom stereocenters. The van der Waals surface area contributed by atoms with Gasteiger partial charge in [0.15, 0.2) is 5.75 Å². The maximum Gasteiger partial charge on any atom is 0.418 e. The molecule has 0 bridgehead atoms. The number of para-hydroxylation sites is 1. The molecule has 4 nitrogen and oxygen atoms in total. The van der Waals surface area contributed by atoms with Crippen LogP contribution in [0.4, 0.5) is 18.9 Å². The Labute approximate surface area is 141 Å². The van der Waals surface area contributed by atoms with E-state index in [0.29, 0.717) is 5.39 Å². The number of halogens is 3. The van der Waals surface area contributed by atoms with E-state index >= 15 is 0 Å². The van der Waals surface area contributed by atoms with Crippen LogP contribution in [0, 0.1) is 0 Å². The number of alkyl halides is 3. The third-order valence-corrected chi connectivity index (χ3v) is 3.47. The van der Waals surface area contributed by atoms with Gasteiger partial charge >= 0.3 is 6.18 Å². The van der Waals surface area contributed by atoms with Crippen molar-refractivity contribution in [2.24, 2.45) is 0 Å². The molecule has 2 aromatic carbocycles. The Morgan fingerprint density at radius 1 is 1.04 bits per heavy atom. The maximum absolute atomic E-state index is 13.0. The van der Waals surface area contributed by atoms with Crippen molar-refractivity contribution in [1.82, 2.24) is 4.98 Å². The molecule has 0 unspecified atom stereocenters. The predicted molar refractivity (Wildman–Crippen MR) is 89.5 cm³/mol. The second-order valence-corrected chi connectivity index (χ2v) is 5.03. The Bertz CT molecular complexity index is 924. The van der Waals surface area contributed by atoms with Crippen molar-refractivity contribution in [3.05, 3.63) is 65.9 Å². The molecular formula is C18H15F3N2O2. The monoisotopic (exact) mass is 348 g/mol. The number of anilines is 1. The van der Waals surface area contributed by atoms with E-state index in [1.54, 1.807) is 18.2 Å². The van der Waals surface area contributed by atoms with E-state index in [0.717, 1.165) is 12.1 Å². The summed E-state index contributed by atoms with van der Waals surface area (Å²) in [7, 11) is 0. The third kappa shape index (κ3) is 3.55. The predicted octanol–water partition coefficient (Wildman–Crippen LogP) is 4.85. The van der Waals surface area contributed by atoms with Gasteiger partial charge < -0.3 is 10.4 Å². The number of phenols is 1. The van der Waals surface area contributed by atoms with Crippen molar-refractivity contribution in [3.63, 3.8) is 0 Å². The minimum atomic E-state index is -4.60. The first-order valence-electron chi connectivity index (χ1n) is 6.92. The average molecular weight is 348 g/mol. The van der Waals surface area contributed by atoms with E-state index < -0.39 is 17.6 Å². The number of carbonyl (C=O) groups is 1. The Morgan fingerprint density at radius 2 is 1.76 bits per heavy atom. The topological polar surface area (TPSA) is 62.2 Å². The molecule has 0 fully saturated rings. The summed E-state index contributed by atoms with van der Waals surface area (Å²) in [5.74, 6) is -1.23. The van der Waals surface area contributed by atoms with Crippen LogP contribution in [0.25, 0.3) is 10.9 Å². The number of phenolic OH excluding ortho intramolecular Hbond substituents is 1. The van der Waals surface area contributed by atoms with Crippen LogP contribution in [0.1, 0.15) is 23.3 Å². The van der Waals surface area contributed by atoms with Crippen molar-refractivity contribution in [2.45, 2.75) is 13.6 Å². The van der Waals surface area contributed by atoms with Crippen LogP contribution >= 0.6 is 0 Å². The van der Waals surface area contributed by atoms with Gasteiger partial charge in [-0.15, -0.1) is 0 Å². The summed E-state index contributed by atoms with van der Waals surface area (Å²) in [5, 5.41) is 13.0. The summed E-state index contributed by atoms with van der Waals surface area (Å²) in [5.41, 5.74) is -1.29. The van der Waals surface area contributed by atoms with Gasteiger partial charge in [0.25, 0.3) is 5.91 Å². The van der Waals surface area contributed by atoms with Gasteiger partial charge in [-0.2, -0.15) is 13.2 Å². The van der Waals surface area contributed by atoms with Gasteiger partial charge in [-0.1, -0.05) is 31.7 Å². The molecular weight excluding hydrogens is 333 g/mol. The summed E-state index contributed by atoms with van der Waals surface area (Å²) < 4.78 is 38.9. The fourth-order valence-corrected chi connectivity index (χ4v) is 2.34.